The topological polar surface area (TPSA) is 52.2 Å². The third-order valence-electron chi connectivity index (χ3n) is 1.56. The lowest BCUT2D eigenvalue weighted by Gasteiger charge is -2.15. The first-order chi connectivity index (χ1) is 6.09. The zero-order valence-electron chi connectivity index (χ0n) is 7.08. The number of rotatable bonds is 3. The van der Waals surface area contributed by atoms with Crippen LogP contribution in [0, 0.1) is 0 Å². The minimum absolute atomic E-state index is 0.565. The Bertz CT molecular complexity index is 314. The molecule has 0 unspecified atom stereocenters. The van der Waals surface area contributed by atoms with Crippen molar-refractivity contribution in [2.45, 2.75) is 13.0 Å². The molecule has 0 aromatic heterocycles. The van der Waals surface area contributed by atoms with Gasteiger partial charge in [-0.1, -0.05) is 17.7 Å². The number of benzene rings is 1. The van der Waals surface area contributed by atoms with Gasteiger partial charge in [-0.15, -0.1) is 0 Å². The molecule has 70 valence electrons. The van der Waals surface area contributed by atoms with E-state index in [0.717, 1.165) is 0 Å². The number of nitrogens with one attached hydrogen (secondary N) is 1. The summed E-state index contributed by atoms with van der Waals surface area (Å²) in [7, 11) is 0. The summed E-state index contributed by atoms with van der Waals surface area (Å²) < 4.78 is 0. The SMILES string of the molecule is C[C@H](Nc1cccc(Cl)c1)C(=O)[O-]. The van der Waals surface area contributed by atoms with Gasteiger partial charge in [-0.25, -0.2) is 0 Å². The summed E-state index contributed by atoms with van der Waals surface area (Å²) in [5, 5.41) is 13.7. The van der Waals surface area contributed by atoms with Crippen molar-refractivity contribution in [3.05, 3.63) is 29.3 Å². The normalized spacial score (nSPS) is 12.2. The van der Waals surface area contributed by atoms with Crippen molar-refractivity contribution in [2.75, 3.05) is 5.32 Å². The molecule has 13 heavy (non-hydrogen) atoms. The molecule has 0 heterocycles. The van der Waals surface area contributed by atoms with E-state index in [1.165, 1.54) is 6.92 Å². The summed E-state index contributed by atoms with van der Waals surface area (Å²) in [4.78, 5) is 10.4. The molecule has 0 bridgehead atoms. The van der Waals surface area contributed by atoms with Crippen LogP contribution >= 0.6 is 11.6 Å². The van der Waals surface area contributed by atoms with Crippen molar-refractivity contribution in [3.8, 4) is 0 Å². The average molecular weight is 199 g/mol. The molecule has 4 heteroatoms. The number of carboxylic acids is 1. The molecule has 1 aromatic carbocycles. The Kier molecular flexibility index (Phi) is 3.14. The van der Waals surface area contributed by atoms with E-state index in [4.69, 9.17) is 11.6 Å². The monoisotopic (exact) mass is 198 g/mol. The number of hydrogen-bond donors (Lipinski definition) is 1. The van der Waals surface area contributed by atoms with Gasteiger partial charge in [0.2, 0.25) is 0 Å². The average Bonchev–Trinajstić information content (AvgIpc) is 2.04. The summed E-state index contributed by atoms with van der Waals surface area (Å²) in [6.07, 6.45) is 0. The van der Waals surface area contributed by atoms with Crippen LogP contribution in [0.4, 0.5) is 5.69 Å². The van der Waals surface area contributed by atoms with Gasteiger partial charge in [0.05, 0.1) is 12.0 Å². The van der Waals surface area contributed by atoms with E-state index in [9.17, 15) is 9.90 Å². The predicted octanol–water partition coefficient (Wildman–Crippen LogP) is 0.890. The van der Waals surface area contributed by atoms with Crippen LogP contribution in [0.2, 0.25) is 5.02 Å². The Morgan fingerprint density at radius 3 is 2.85 bits per heavy atom. The van der Waals surface area contributed by atoms with E-state index in [1.807, 2.05) is 0 Å². The predicted molar refractivity (Wildman–Crippen MR) is 49.5 cm³/mol. The molecular formula is C9H9ClNO2-. The quantitative estimate of drug-likeness (QED) is 0.785. The standard InChI is InChI=1S/C9H10ClNO2/c1-6(9(12)13)11-8-4-2-3-7(10)5-8/h2-6,11H,1H3,(H,12,13)/p-1/t6-/m0/s1. The van der Waals surface area contributed by atoms with E-state index < -0.39 is 12.0 Å². The summed E-state index contributed by atoms with van der Waals surface area (Å²) in [5.41, 5.74) is 0.671. The van der Waals surface area contributed by atoms with Crippen LogP contribution in [0.25, 0.3) is 0 Å². The van der Waals surface area contributed by atoms with Crippen LogP contribution < -0.4 is 10.4 Å². The Labute approximate surface area is 81.3 Å². The molecule has 1 atom stereocenters. The molecule has 1 N–H and O–H groups in total. The highest BCUT2D eigenvalue weighted by atomic mass is 35.5. The number of anilines is 1. The van der Waals surface area contributed by atoms with Crippen molar-refractivity contribution in [2.24, 2.45) is 0 Å². The second-order valence-corrected chi connectivity index (χ2v) is 3.13. The molecule has 0 spiro atoms. The molecule has 0 saturated heterocycles. The van der Waals surface area contributed by atoms with Crippen molar-refractivity contribution in [3.63, 3.8) is 0 Å². The fraction of sp³-hybridized carbons (Fsp3) is 0.222. The fourth-order valence-corrected chi connectivity index (χ4v) is 1.08. The number of carbonyl (C=O) groups is 1. The van der Waals surface area contributed by atoms with Gasteiger partial charge >= 0.3 is 0 Å². The second kappa shape index (κ2) is 4.14. The van der Waals surface area contributed by atoms with E-state index in [2.05, 4.69) is 5.32 Å². The van der Waals surface area contributed by atoms with Crippen LogP contribution in [0.3, 0.4) is 0 Å². The van der Waals surface area contributed by atoms with Crippen LogP contribution in [0.1, 0.15) is 6.92 Å². The number of hydrogen-bond acceptors (Lipinski definition) is 3. The largest absolute Gasteiger partial charge is 0.548 e. The Morgan fingerprint density at radius 2 is 2.31 bits per heavy atom. The molecule has 0 aliphatic rings. The summed E-state index contributed by atoms with van der Waals surface area (Å²) in [6, 6.07) is 6.13. The maximum Gasteiger partial charge on any atom is 0.0634 e. The van der Waals surface area contributed by atoms with Crippen LogP contribution in [-0.4, -0.2) is 12.0 Å². The first-order valence-electron chi connectivity index (χ1n) is 3.82. The van der Waals surface area contributed by atoms with Gasteiger partial charge in [0.1, 0.15) is 0 Å². The minimum atomic E-state index is -1.14. The van der Waals surface area contributed by atoms with Crippen LogP contribution in [-0.2, 0) is 4.79 Å². The molecule has 0 saturated carbocycles. The lowest BCUT2D eigenvalue weighted by Crippen LogP contribution is -2.38. The number of carbonyl (C=O) groups excluding carboxylic acids is 1. The van der Waals surface area contributed by atoms with Gasteiger partial charge in [0.25, 0.3) is 0 Å². The van der Waals surface area contributed by atoms with Gasteiger partial charge in [0.15, 0.2) is 0 Å². The second-order valence-electron chi connectivity index (χ2n) is 2.70. The highest BCUT2D eigenvalue weighted by Crippen LogP contribution is 2.15. The van der Waals surface area contributed by atoms with Crippen molar-refractivity contribution in [1.29, 1.82) is 0 Å². The van der Waals surface area contributed by atoms with E-state index >= 15 is 0 Å². The van der Waals surface area contributed by atoms with Crippen molar-refractivity contribution in [1.82, 2.24) is 0 Å². The summed E-state index contributed by atoms with van der Waals surface area (Å²) in [5.74, 6) is -1.14. The van der Waals surface area contributed by atoms with Crippen LogP contribution in [0.15, 0.2) is 24.3 Å². The molecule has 0 fully saturated rings. The molecule has 3 nitrogen and oxygen atoms in total. The molecule has 0 aliphatic carbocycles. The molecular weight excluding hydrogens is 190 g/mol. The lowest BCUT2D eigenvalue weighted by molar-refractivity contribution is -0.306. The van der Waals surface area contributed by atoms with Gasteiger partial charge in [-0.05, 0) is 25.1 Å². The van der Waals surface area contributed by atoms with Gasteiger partial charge in [-0.2, -0.15) is 0 Å². The van der Waals surface area contributed by atoms with Gasteiger partial charge in [0, 0.05) is 10.7 Å². The molecule has 0 amide bonds. The first kappa shape index (κ1) is 9.86. The Morgan fingerprint density at radius 1 is 1.62 bits per heavy atom. The third kappa shape index (κ3) is 2.95. The fourth-order valence-electron chi connectivity index (χ4n) is 0.887. The van der Waals surface area contributed by atoms with Crippen molar-refractivity contribution >= 4 is 23.3 Å². The van der Waals surface area contributed by atoms with E-state index in [1.54, 1.807) is 24.3 Å². The van der Waals surface area contributed by atoms with E-state index in [-0.39, 0.29) is 0 Å². The molecule has 0 radical (unpaired) electrons. The highest BCUT2D eigenvalue weighted by Gasteiger charge is 2.01. The lowest BCUT2D eigenvalue weighted by atomic mass is 10.2. The van der Waals surface area contributed by atoms with Gasteiger partial charge in [-0.3, -0.25) is 0 Å². The highest BCUT2D eigenvalue weighted by molar-refractivity contribution is 6.30. The third-order valence-corrected chi connectivity index (χ3v) is 1.80. The smallest absolute Gasteiger partial charge is 0.0634 e. The van der Waals surface area contributed by atoms with Crippen LogP contribution in [0.5, 0.6) is 0 Å². The molecule has 0 aliphatic heterocycles. The number of carboxylic acid groups (broad SMARTS) is 1. The van der Waals surface area contributed by atoms with Gasteiger partial charge < -0.3 is 15.2 Å². The molecule has 1 aromatic rings. The van der Waals surface area contributed by atoms with Crippen molar-refractivity contribution < 1.29 is 9.90 Å². The zero-order valence-corrected chi connectivity index (χ0v) is 7.84. The molecule has 1 rings (SSSR count). The maximum absolute atomic E-state index is 10.4. The number of aliphatic carboxylic acids is 1. The first-order valence-corrected chi connectivity index (χ1v) is 4.20. The summed E-state index contributed by atoms with van der Waals surface area (Å²) >= 11 is 5.70. The Balaban J connectivity index is 2.69. The van der Waals surface area contributed by atoms with E-state index in [0.29, 0.717) is 10.7 Å². The minimum Gasteiger partial charge on any atom is -0.548 e. The number of halogens is 1. The summed E-state index contributed by atoms with van der Waals surface area (Å²) in [6.45, 7) is 1.51. The maximum atomic E-state index is 10.4. The Hall–Kier alpha value is -1.22. The zero-order chi connectivity index (χ0) is 9.84.